The van der Waals surface area contributed by atoms with Gasteiger partial charge >= 0.3 is 5.88 Å². The third-order valence-electron chi connectivity index (χ3n) is 2.55. The van der Waals surface area contributed by atoms with Crippen molar-refractivity contribution >= 4 is 11.8 Å². The van der Waals surface area contributed by atoms with Crippen molar-refractivity contribution < 1.29 is 14.1 Å². The lowest BCUT2D eigenvalue weighted by Crippen LogP contribution is -2.34. The summed E-state index contributed by atoms with van der Waals surface area (Å²) in [6.45, 7) is 3.86. The predicted octanol–water partition coefficient (Wildman–Crippen LogP) is 2.06. The van der Waals surface area contributed by atoms with Crippen molar-refractivity contribution in [2.24, 2.45) is 0 Å². The van der Waals surface area contributed by atoms with Gasteiger partial charge in [0.25, 0.3) is 5.91 Å². The summed E-state index contributed by atoms with van der Waals surface area (Å²) >= 11 is 0. The van der Waals surface area contributed by atoms with Gasteiger partial charge in [-0.05, 0) is 19.4 Å². The summed E-state index contributed by atoms with van der Waals surface area (Å²) in [6.07, 6.45) is 0.811. The predicted molar refractivity (Wildman–Crippen MR) is 57.2 cm³/mol. The van der Waals surface area contributed by atoms with Crippen LogP contribution in [0.5, 0.6) is 0 Å². The van der Waals surface area contributed by atoms with Crippen molar-refractivity contribution in [3.05, 3.63) is 28.0 Å². The van der Waals surface area contributed by atoms with Crippen molar-refractivity contribution in [2.45, 2.75) is 26.3 Å². The molecule has 0 aliphatic heterocycles. The fourth-order valence-electron chi connectivity index (χ4n) is 1.19. The van der Waals surface area contributed by atoms with E-state index in [1.807, 2.05) is 13.8 Å². The zero-order valence-electron chi connectivity index (χ0n) is 9.47. The van der Waals surface area contributed by atoms with Crippen molar-refractivity contribution in [3.63, 3.8) is 0 Å². The normalized spacial score (nSPS) is 12.2. The summed E-state index contributed by atoms with van der Waals surface area (Å²) in [7, 11) is 1.64. The maximum Gasteiger partial charge on any atom is 0.433 e. The average Bonchev–Trinajstić information content (AvgIpc) is 2.75. The number of amides is 1. The van der Waals surface area contributed by atoms with Crippen LogP contribution < -0.4 is 0 Å². The summed E-state index contributed by atoms with van der Waals surface area (Å²) in [5.41, 5.74) is 0. The Kier molecular flexibility index (Phi) is 3.65. The summed E-state index contributed by atoms with van der Waals surface area (Å²) in [5, 5.41) is 10.4. The minimum Gasteiger partial charge on any atom is -0.395 e. The topological polar surface area (TPSA) is 76.6 Å². The second-order valence-corrected chi connectivity index (χ2v) is 3.57. The molecule has 0 radical (unpaired) electrons. The molecule has 0 bridgehead atoms. The summed E-state index contributed by atoms with van der Waals surface area (Å²) in [5.74, 6) is -0.766. The van der Waals surface area contributed by atoms with E-state index in [9.17, 15) is 14.9 Å². The molecule has 1 atom stereocenters. The van der Waals surface area contributed by atoms with Crippen molar-refractivity contribution in [1.82, 2.24) is 4.90 Å². The molecule has 0 N–H and O–H groups in total. The van der Waals surface area contributed by atoms with Gasteiger partial charge in [0.1, 0.15) is 4.92 Å². The molecule has 0 fully saturated rings. The van der Waals surface area contributed by atoms with Crippen molar-refractivity contribution in [1.29, 1.82) is 0 Å². The van der Waals surface area contributed by atoms with Crippen molar-refractivity contribution in [3.8, 4) is 0 Å². The lowest BCUT2D eigenvalue weighted by molar-refractivity contribution is -0.402. The van der Waals surface area contributed by atoms with Gasteiger partial charge in [-0.1, -0.05) is 6.92 Å². The summed E-state index contributed by atoms with van der Waals surface area (Å²) in [6, 6.07) is 2.56. The first-order valence-corrected chi connectivity index (χ1v) is 4.98. The summed E-state index contributed by atoms with van der Waals surface area (Å²) < 4.78 is 4.83. The van der Waals surface area contributed by atoms with Crippen LogP contribution in [0.4, 0.5) is 5.88 Å². The third kappa shape index (κ3) is 2.39. The van der Waals surface area contributed by atoms with Gasteiger partial charge in [0.15, 0.2) is 5.76 Å². The van der Waals surface area contributed by atoms with E-state index in [4.69, 9.17) is 4.42 Å². The van der Waals surface area contributed by atoms with Crippen LogP contribution in [0.3, 0.4) is 0 Å². The molecule has 0 aliphatic carbocycles. The molecule has 1 unspecified atom stereocenters. The molecule has 6 heteroatoms. The van der Waals surface area contributed by atoms with Crippen molar-refractivity contribution in [2.75, 3.05) is 7.05 Å². The van der Waals surface area contributed by atoms with E-state index in [0.29, 0.717) is 0 Å². The number of hydrogen-bond acceptors (Lipinski definition) is 4. The Morgan fingerprint density at radius 3 is 2.69 bits per heavy atom. The van der Waals surface area contributed by atoms with E-state index in [1.165, 1.54) is 17.0 Å². The molecule has 0 saturated heterocycles. The molecule has 0 saturated carbocycles. The van der Waals surface area contributed by atoms with Gasteiger partial charge in [-0.2, -0.15) is 0 Å². The number of rotatable bonds is 4. The number of hydrogen-bond donors (Lipinski definition) is 0. The number of carbonyl (C=O) groups excluding carboxylic acids is 1. The zero-order chi connectivity index (χ0) is 12.3. The highest BCUT2D eigenvalue weighted by Crippen LogP contribution is 2.17. The molecule has 1 aromatic heterocycles. The van der Waals surface area contributed by atoms with E-state index in [0.717, 1.165) is 6.42 Å². The molecule has 1 rings (SSSR count). The van der Waals surface area contributed by atoms with Gasteiger partial charge in [-0.3, -0.25) is 14.9 Å². The fourth-order valence-corrected chi connectivity index (χ4v) is 1.19. The van der Waals surface area contributed by atoms with Crippen LogP contribution in [0, 0.1) is 10.1 Å². The van der Waals surface area contributed by atoms with Crippen LogP contribution in [-0.2, 0) is 0 Å². The second kappa shape index (κ2) is 4.78. The molecule has 1 heterocycles. The molecule has 16 heavy (non-hydrogen) atoms. The first-order chi connectivity index (χ1) is 7.47. The molecule has 0 aromatic carbocycles. The molecule has 0 spiro atoms. The zero-order valence-corrected chi connectivity index (χ0v) is 9.47. The molecule has 6 nitrogen and oxygen atoms in total. The molecular weight excluding hydrogens is 212 g/mol. The second-order valence-electron chi connectivity index (χ2n) is 3.57. The highest BCUT2D eigenvalue weighted by Gasteiger charge is 2.22. The Bertz CT molecular complexity index is 399. The number of carbonyl (C=O) groups is 1. The maximum atomic E-state index is 11.8. The van der Waals surface area contributed by atoms with E-state index < -0.39 is 10.8 Å². The molecule has 1 amide bonds. The number of nitro groups is 1. The van der Waals surface area contributed by atoms with Gasteiger partial charge in [-0.15, -0.1) is 0 Å². The van der Waals surface area contributed by atoms with Crippen LogP contribution in [0.25, 0.3) is 0 Å². The first kappa shape index (κ1) is 12.2. The van der Waals surface area contributed by atoms with Crippen LogP contribution >= 0.6 is 0 Å². The molecule has 1 aromatic rings. The van der Waals surface area contributed by atoms with Gasteiger partial charge in [0.2, 0.25) is 0 Å². The van der Waals surface area contributed by atoms with Gasteiger partial charge < -0.3 is 9.32 Å². The first-order valence-electron chi connectivity index (χ1n) is 4.98. The number of furan rings is 1. The smallest absolute Gasteiger partial charge is 0.395 e. The minimum atomic E-state index is -0.667. The maximum absolute atomic E-state index is 11.8. The van der Waals surface area contributed by atoms with Gasteiger partial charge in [0.05, 0.1) is 6.07 Å². The van der Waals surface area contributed by atoms with E-state index >= 15 is 0 Å². The Morgan fingerprint density at radius 1 is 1.62 bits per heavy atom. The monoisotopic (exact) mass is 226 g/mol. The Morgan fingerprint density at radius 2 is 2.25 bits per heavy atom. The van der Waals surface area contributed by atoms with Crippen LogP contribution in [-0.4, -0.2) is 28.8 Å². The van der Waals surface area contributed by atoms with Crippen LogP contribution in [0.15, 0.2) is 16.5 Å². The Balaban J connectivity index is 2.84. The van der Waals surface area contributed by atoms with Gasteiger partial charge in [-0.25, -0.2) is 0 Å². The van der Waals surface area contributed by atoms with E-state index in [1.54, 1.807) is 7.05 Å². The Labute approximate surface area is 93.0 Å². The lowest BCUT2D eigenvalue weighted by atomic mass is 10.2. The SMILES string of the molecule is CCC(C)N(C)C(=O)c1ccc([N+](=O)[O-])o1. The molecule has 88 valence electrons. The lowest BCUT2D eigenvalue weighted by Gasteiger charge is -2.22. The number of nitrogens with zero attached hydrogens (tertiary/aromatic N) is 2. The molecular formula is C10H14N2O4. The van der Waals surface area contributed by atoms with Gasteiger partial charge in [0, 0.05) is 13.1 Å². The van der Waals surface area contributed by atoms with Crippen LogP contribution in [0.2, 0.25) is 0 Å². The standard InChI is InChI=1S/C10H14N2O4/c1-4-7(2)11(3)10(13)8-5-6-9(16-8)12(14)15/h5-7H,4H2,1-3H3. The highest BCUT2D eigenvalue weighted by molar-refractivity contribution is 5.91. The largest absolute Gasteiger partial charge is 0.433 e. The highest BCUT2D eigenvalue weighted by atomic mass is 16.6. The quantitative estimate of drug-likeness (QED) is 0.581. The average molecular weight is 226 g/mol. The summed E-state index contributed by atoms with van der Waals surface area (Å²) in [4.78, 5) is 23.0. The third-order valence-corrected chi connectivity index (χ3v) is 2.55. The fraction of sp³-hybridized carbons (Fsp3) is 0.500. The minimum absolute atomic E-state index is 0.00509. The molecule has 0 aliphatic rings. The van der Waals surface area contributed by atoms with E-state index in [-0.39, 0.29) is 17.7 Å². The Hall–Kier alpha value is -1.85. The van der Waals surface area contributed by atoms with E-state index in [2.05, 4.69) is 0 Å². The van der Waals surface area contributed by atoms with Crippen LogP contribution in [0.1, 0.15) is 30.8 Å².